The molecule has 1 aliphatic rings. The van der Waals surface area contributed by atoms with E-state index in [0.29, 0.717) is 32.7 Å². The Hall–Kier alpha value is -1.30. The fraction of sp³-hybridized carbons (Fsp3) is 0.818. The van der Waals surface area contributed by atoms with Gasteiger partial charge in [0.25, 0.3) is 0 Å². The molecule has 1 saturated heterocycles. The van der Waals surface area contributed by atoms with E-state index < -0.39 is 5.41 Å². The standard InChI is InChI=1S/C11H21N3O3/c1-3-11(2,9(12)13-16)10(15)14-5-4-7-17-8-6-14/h16H,3-8H2,1-2H3,(H2,12,13). The molecule has 0 saturated carbocycles. The summed E-state index contributed by atoms with van der Waals surface area (Å²) in [6.45, 7) is 6.00. The Kier molecular flexibility index (Phi) is 4.74. The molecule has 1 rings (SSSR count). The van der Waals surface area contributed by atoms with E-state index in [1.54, 1.807) is 11.8 Å². The number of ether oxygens (including phenoxy) is 1. The van der Waals surface area contributed by atoms with Gasteiger partial charge in [0.1, 0.15) is 5.41 Å². The van der Waals surface area contributed by atoms with Crippen LogP contribution in [0.1, 0.15) is 26.7 Å². The zero-order valence-corrected chi connectivity index (χ0v) is 10.5. The molecular formula is C11H21N3O3. The van der Waals surface area contributed by atoms with Crippen LogP contribution in [0, 0.1) is 5.41 Å². The molecule has 6 nitrogen and oxygen atoms in total. The lowest BCUT2D eigenvalue weighted by Crippen LogP contribution is -2.50. The lowest BCUT2D eigenvalue weighted by atomic mass is 9.84. The Labute approximate surface area is 101 Å². The summed E-state index contributed by atoms with van der Waals surface area (Å²) in [5.41, 5.74) is 4.70. The normalized spacial score (nSPS) is 21.8. The van der Waals surface area contributed by atoms with Gasteiger partial charge in [-0.2, -0.15) is 0 Å². The molecule has 3 N–H and O–H groups in total. The van der Waals surface area contributed by atoms with E-state index >= 15 is 0 Å². The van der Waals surface area contributed by atoms with Crippen LogP contribution in [0.5, 0.6) is 0 Å². The van der Waals surface area contributed by atoms with Crippen molar-refractivity contribution in [3.8, 4) is 0 Å². The second kappa shape index (κ2) is 5.86. The molecular weight excluding hydrogens is 222 g/mol. The maximum absolute atomic E-state index is 12.4. The van der Waals surface area contributed by atoms with Crippen LogP contribution >= 0.6 is 0 Å². The molecule has 0 radical (unpaired) electrons. The molecule has 0 aliphatic carbocycles. The molecule has 1 heterocycles. The van der Waals surface area contributed by atoms with Crippen molar-refractivity contribution in [1.82, 2.24) is 4.90 Å². The lowest BCUT2D eigenvalue weighted by molar-refractivity contribution is -0.138. The first-order chi connectivity index (χ1) is 8.06. The molecule has 98 valence electrons. The highest BCUT2D eigenvalue weighted by atomic mass is 16.5. The Morgan fingerprint density at radius 3 is 2.82 bits per heavy atom. The van der Waals surface area contributed by atoms with Gasteiger partial charge < -0.3 is 20.6 Å². The fourth-order valence-corrected chi connectivity index (χ4v) is 1.85. The topological polar surface area (TPSA) is 88.2 Å². The minimum absolute atomic E-state index is 0.0323. The zero-order chi connectivity index (χ0) is 12.9. The van der Waals surface area contributed by atoms with Crippen LogP contribution in [0.25, 0.3) is 0 Å². The predicted molar refractivity (Wildman–Crippen MR) is 63.8 cm³/mol. The average Bonchev–Trinajstić information content (AvgIpc) is 2.64. The van der Waals surface area contributed by atoms with Crippen molar-refractivity contribution in [3.63, 3.8) is 0 Å². The quantitative estimate of drug-likeness (QED) is 0.325. The predicted octanol–water partition coefficient (Wildman–Crippen LogP) is 0.398. The molecule has 6 heteroatoms. The third kappa shape index (κ3) is 2.88. The van der Waals surface area contributed by atoms with Gasteiger partial charge >= 0.3 is 0 Å². The molecule has 0 aromatic heterocycles. The van der Waals surface area contributed by atoms with Gasteiger partial charge in [0.15, 0.2) is 5.84 Å². The van der Waals surface area contributed by atoms with Crippen LogP contribution in [0.4, 0.5) is 0 Å². The van der Waals surface area contributed by atoms with Crippen LogP contribution in [0.3, 0.4) is 0 Å². The van der Waals surface area contributed by atoms with Crippen molar-refractivity contribution in [2.24, 2.45) is 16.3 Å². The van der Waals surface area contributed by atoms with Crippen LogP contribution in [0.2, 0.25) is 0 Å². The van der Waals surface area contributed by atoms with E-state index in [9.17, 15) is 4.79 Å². The molecule has 1 fully saturated rings. The molecule has 1 amide bonds. The lowest BCUT2D eigenvalue weighted by Gasteiger charge is -2.31. The van der Waals surface area contributed by atoms with E-state index in [1.165, 1.54) is 0 Å². The van der Waals surface area contributed by atoms with E-state index in [-0.39, 0.29) is 11.7 Å². The Morgan fingerprint density at radius 1 is 1.53 bits per heavy atom. The number of amides is 1. The number of rotatable bonds is 3. The number of hydrogen-bond acceptors (Lipinski definition) is 4. The summed E-state index contributed by atoms with van der Waals surface area (Å²) in [5.74, 6) is -0.129. The zero-order valence-electron chi connectivity index (χ0n) is 10.5. The highest BCUT2D eigenvalue weighted by molar-refractivity contribution is 6.06. The number of carbonyl (C=O) groups is 1. The van der Waals surface area contributed by atoms with E-state index in [4.69, 9.17) is 15.7 Å². The molecule has 1 aliphatic heterocycles. The van der Waals surface area contributed by atoms with Gasteiger partial charge in [-0.3, -0.25) is 4.79 Å². The van der Waals surface area contributed by atoms with Crippen LogP contribution in [-0.2, 0) is 9.53 Å². The van der Waals surface area contributed by atoms with Gasteiger partial charge in [0, 0.05) is 19.7 Å². The van der Waals surface area contributed by atoms with Crippen molar-refractivity contribution in [1.29, 1.82) is 0 Å². The smallest absolute Gasteiger partial charge is 0.236 e. The maximum Gasteiger partial charge on any atom is 0.236 e. The molecule has 17 heavy (non-hydrogen) atoms. The number of hydrogen-bond donors (Lipinski definition) is 2. The highest BCUT2D eigenvalue weighted by Gasteiger charge is 2.39. The monoisotopic (exact) mass is 243 g/mol. The Morgan fingerprint density at radius 2 is 2.24 bits per heavy atom. The minimum Gasteiger partial charge on any atom is -0.409 e. The summed E-state index contributed by atoms with van der Waals surface area (Å²) in [6, 6.07) is 0. The molecule has 0 bridgehead atoms. The molecule has 0 spiro atoms. The second-order valence-electron chi connectivity index (χ2n) is 4.43. The van der Waals surface area contributed by atoms with Crippen molar-refractivity contribution < 1.29 is 14.7 Å². The van der Waals surface area contributed by atoms with E-state index in [2.05, 4.69) is 5.16 Å². The number of carbonyl (C=O) groups excluding carboxylic acids is 1. The van der Waals surface area contributed by atoms with Crippen molar-refractivity contribution in [3.05, 3.63) is 0 Å². The Bertz CT molecular complexity index is 298. The summed E-state index contributed by atoms with van der Waals surface area (Å²) in [4.78, 5) is 14.1. The van der Waals surface area contributed by atoms with E-state index in [0.717, 1.165) is 6.42 Å². The van der Waals surface area contributed by atoms with Gasteiger partial charge in [-0.15, -0.1) is 0 Å². The van der Waals surface area contributed by atoms with Crippen LogP contribution in [-0.4, -0.2) is 48.2 Å². The third-order valence-electron chi connectivity index (χ3n) is 3.36. The fourth-order valence-electron chi connectivity index (χ4n) is 1.85. The Balaban J connectivity index is 2.84. The first kappa shape index (κ1) is 13.8. The number of oxime groups is 1. The SMILES string of the molecule is CCC(C)(C(=O)N1CCCOCC1)C(N)=NO. The first-order valence-corrected chi connectivity index (χ1v) is 5.91. The first-order valence-electron chi connectivity index (χ1n) is 5.91. The number of nitrogens with zero attached hydrogens (tertiary/aromatic N) is 2. The van der Waals surface area contributed by atoms with Gasteiger partial charge in [-0.1, -0.05) is 12.1 Å². The molecule has 0 aromatic rings. The summed E-state index contributed by atoms with van der Waals surface area (Å²) in [6.07, 6.45) is 1.32. The molecule has 1 unspecified atom stereocenters. The number of nitrogens with two attached hydrogens (primary N) is 1. The minimum atomic E-state index is -0.931. The maximum atomic E-state index is 12.4. The van der Waals surface area contributed by atoms with Crippen molar-refractivity contribution >= 4 is 11.7 Å². The molecule has 1 atom stereocenters. The molecule has 0 aromatic carbocycles. The summed E-state index contributed by atoms with van der Waals surface area (Å²) in [7, 11) is 0. The van der Waals surface area contributed by atoms with Crippen molar-refractivity contribution in [2.75, 3.05) is 26.3 Å². The third-order valence-corrected chi connectivity index (χ3v) is 3.36. The number of amidine groups is 1. The van der Waals surface area contributed by atoms with Gasteiger partial charge in [0.2, 0.25) is 5.91 Å². The average molecular weight is 243 g/mol. The largest absolute Gasteiger partial charge is 0.409 e. The second-order valence-corrected chi connectivity index (χ2v) is 4.43. The summed E-state index contributed by atoms with van der Waals surface area (Å²) in [5, 5.41) is 11.8. The summed E-state index contributed by atoms with van der Waals surface area (Å²) < 4.78 is 5.30. The van der Waals surface area contributed by atoms with Crippen LogP contribution in [0.15, 0.2) is 5.16 Å². The van der Waals surface area contributed by atoms with Gasteiger partial charge in [0.05, 0.1) is 6.61 Å². The van der Waals surface area contributed by atoms with Crippen LogP contribution < -0.4 is 5.73 Å². The van der Waals surface area contributed by atoms with E-state index in [1.807, 2.05) is 6.92 Å². The van der Waals surface area contributed by atoms with Gasteiger partial charge in [-0.05, 0) is 19.8 Å². The van der Waals surface area contributed by atoms with Gasteiger partial charge in [-0.25, -0.2) is 0 Å². The highest BCUT2D eigenvalue weighted by Crippen LogP contribution is 2.25. The van der Waals surface area contributed by atoms with Crippen molar-refractivity contribution in [2.45, 2.75) is 26.7 Å². The summed E-state index contributed by atoms with van der Waals surface area (Å²) >= 11 is 0.